The average Bonchev–Trinajstić information content (AvgIpc) is 2.64. The van der Waals surface area contributed by atoms with E-state index in [-0.39, 0.29) is 18.2 Å². The fraction of sp³-hybridized carbons (Fsp3) is 0.105. The fourth-order valence-electron chi connectivity index (χ4n) is 2.37. The van der Waals surface area contributed by atoms with Crippen molar-refractivity contribution in [3.63, 3.8) is 0 Å². The zero-order valence-corrected chi connectivity index (χ0v) is 14.1. The summed E-state index contributed by atoms with van der Waals surface area (Å²) < 4.78 is 27.1. The molecule has 3 rings (SSSR count). The van der Waals surface area contributed by atoms with Gasteiger partial charge in [0.1, 0.15) is 23.3 Å². The number of nitrogens with zero attached hydrogens (tertiary/aromatic N) is 2. The van der Waals surface area contributed by atoms with Crippen LogP contribution in [0, 0.1) is 24.0 Å². The van der Waals surface area contributed by atoms with E-state index in [1.54, 1.807) is 37.3 Å². The molecule has 0 saturated heterocycles. The van der Waals surface area contributed by atoms with Crippen molar-refractivity contribution < 1.29 is 8.78 Å². The Morgan fingerprint density at radius 1 is 1.04 bits per heavy atom. The minimum Gasteiger partial charge on any atom is -0.380 e. The number of rotatable bonds is 6. The topological polar surface area (TPSA) is 73.7 Å². The van der Waals surface area contributed by atoms with Gasteiger partial charge in [-0.25, -0.2) is 18.7 Å². The second-order valence-corrected chi connectivity index (χ2v) is 5.69. The first-order chi connectivity index (χ1) is 12.6. The molecule has 0 bridgehead atoms. The SMILES string of the molecule is Cc1cc(Nc2cc(NCc3ccccc3F)c(C=N)cn2)ncc1F. The Kier molecular flexibility index (Phi) is 5.17. The van der Waals surface area contributed by atoms with Crippen molar-refractivity contribution in [3.8, 4) is 0 Å². The van der Waals surface area contributed by atoms with E-state index in [1.165, 1.54) is 18.5 Å². The van der Waals surface area contributed by atoms with Gasteiger partial charge in [0.05, 0.1) is 6.20 Å². The maximum Gasteiger partial charge on any atom is 0.144 e. The molecule has 0 aliphatic carbocycles. The summed E-state index contributed by atoms with van der Waals surface area (Å²) in [5, 5.41) is 13.6. The van der Waals surface area contributed by atoms with Crippen LogP contribution in [-0.4, -0.2) is 16.2 Å². The zero-order valence-electron chi connectivity index (χ0n) is 14.1. The number of hydrogen-bond donors (Lipinski definition) is 3. The first-order valence-corrected chi connectivity index (χ1v) is 7.94. The van der Waals surface area contributed by atoms with Crippen LogP contribution in [0.5, 0.6) is 0 Å². The predicted molar refractivity (Wildman–Crippen MR) is 98.1 cm³/mol. The van der Waals surface area contributed by atoms with Crippen LogP contribution in [0.3, 0.4) is 0 Å². The molecule has 2 aromatic heterocycles. The van der Waals surface area contributed by atoms with Crippen LogP contribution >= 0.6 is 0 Å². The Bertz CT molecular complexity index is 943. The largest absolute Gasteiger partial charge is 0.380 e. The van der Waals surface area contributed by atoms with Crippen LogP contribution in [0.1, 0.15) is 16.7 Å². The number of halogens is 2. The molecule has 0 aliphatic rings. The number of nitrogens with one attached hydrogen (secondary N) is 3. The second kappa shape index (κ2) is 7.69. The van der Waals surface area contributed by atoms with Gasteiger partial charge >= 0.3 is 0 Å². The number of anilines is 3. The highest BCUT2D eigenvalue weighted by molar-refractivity contribution is 5.86. The molecule has 0 aliphatic heterocycles. The molecule has 26 heavy (non-hydrogen) atoms. The third-order valence-corrected chi connectivity index (χ3v) is 3.82. The molecule has 0 spiro atoms. The second-order valence-electron chi connectivity index (χ2n) is 5.69. The molecule has 7 heteroatoms. The van der Waals surface area contributed by atoms with Crippen LogP contribution in [0.25, 0.3) is 0 Å². The van der Waals surface area contributed by atoms with E-state index < -0.39 is 0 Å². The van der Waals surface area contributed by atoms with E-state index in [2.05, 4.69) is 20.6 Å². The average molecular weight is 353 g/mol. The fourth-order valence-corrected chi connectivity index (χ4v) is 2.37. The number of pyridine rings is 2. The molecule has 0 unspecified atom stereocenters. The van der Waals surface area contributed by atoms with Crippen LogP contribution in [0.2, 0.25) is 0 Å². The minimum absolute atomic E-state index is 0.269. The molecule has 5 nitrogen and oxygen atoms in total. The summed E-state index contributed by atoms with van der Waals surface area (Å²) in [6.45, 7) is 1.92. The maximum absolute atomic E-state index is 13.8. The smallest absolute Gasteiger partial charge is 0.144 e. The Labute approximate surface area is 149 Å². The number of hydrogen-bond acceptors (Lipinski definition) is 5. The van der Waals surface area contributed by atoms with Gasteiger partial charge in [0.25, 0.3) is 0 Å². The first kappa shape index (κ1) is 17.5. The van der Waals surface area contributed by atoms with Crippen molar-refractivity contribution in [2.45, 2.75) is 13.5 Å². The molecule has 0 radical (unpaired) electrons. The Hall–Kier alpha value is -3.35. The molecule has 0 saturated carbocycles. The van der Waals surface area contributed by atoms with Crippen LogP contribution in [0.4, 0.5) is 26.1 Å². The van der Waals surface area contributed by atoms with Crippen molar-refractivity contribution in [2.75, 3.05) is 10.6 Å². The highest BCUT2D eigenvalue weighted by atomic mass is 19.1. The van der Waals surface area contributed by atoms with Crippen molar-refractivity contribution in [1.82, 2.24) is 9.97 Å². The summed E-state index contributed by atoms with van der Waals surface area (Å²) in [6, 6.07) is 9.76. The van der Waals surface area contributed by atoms with Gasteiger partial charge in [0, 0.05) is 41.8 Å². The lowest BCUT2D eigenvalue weighted by Gasteiger charge is -2.12. The molecule has 0 fully saturated rings. The quantitative estimate of drug-likeness (QED) is 0.574. The van der Waals surface area contributed by atoms with E-state index in [4.69, 9.17) is 5.41 Å². The van der Waals surface area contributed by atoms with Crippen molar-refractivity contribution in [2.24, 2.45) is 0 Å². The molecular formula is C19H17F2N5. The molecule has 132 valence electrons. The predicted octanol–water partition coefficient (Wildman–Crippen LogP) is 4.42. The molecule has 0 atom stereocenters. The summed E-state index contributed by atoms with van der Waals surface area (Å²) in [5.74, 6) is 0.258. The van der Waals surface area contributed by atoms with E-state index in [1.807, 2.05) is 0 Å². The lowest BCUT2D eigenvalue weighted by molar-refractivity contribution is 0.612. The third-order valence-electron chi connectivity index (χ3n) is 3.82. The van der Waals surface area contributed by atoms with Crippen LogP contribution < -0.4 is 10.6 Å². The van der Waals surface area contributed by atoms with Crippen molar-refractivity contribution >= 4 is 23.5 Å². The lowest BCUT2D eigenvalue weighted by Crippen LogP contribution is -2.06. The highest BCUT2D eigenvalue weighted by Gasteiger charge is 2.07. The van der Waals surface area contributed by atoms with Crippen LogP contribution in [0.15, 0.2) is 48.8 Å². The summed E-state index contributed by atoms with van der Waals surface area (Å²) in [4.78, 5) is 8.19. The number of aryl methyl sites for hydroxylation is 1. The van der Waals surface area contributed by atoms with Gasteiger partial charge in [-0.1, -0.05) is 18.2 Å². The molecular weight excluding hydrogens is 336 g/mol. The Morgan fingerprint density at radius 3 is 2.50 bits per heavy atom. The molecule has 3 aromatic rings. The summed E-state index contributed by atoms with van der Waals surface area (Å²) in [7, 11) is 0. The van der Waals surface area contributed by atoms with Gasteiger partial charge in [-0.3, -0.25) is 0 Å². The van der Waals surface area contributed by atoms with E-state index in [0.717, 1.165) is 6.20 Å². The van der Waals surface area contributed by atoms with Gasteiger partial charge in [0.15, 0.2) is 0 Å². The maximum atomic E-state index is 13.8. The van der Waals surface area contributed by atoms with Gasteiger partial charge in [-0.15, -0.1) is 0 Å². The minimum atomic E-state index is -0.380. The molecule has 0 amide bonds. The summed E-state index contributed by atoms with van der Waals surface area (Å²) in [5.41, 5.74) is 2.18. The lowest BCUT2D eigenvalue weighted by atomic mass is 10.2. The molecule has 2 heterocycles. The summed E-state index contributed by atoms with van der Waals surface area (Å²) >= 11 is 0. The zero-order chi connectivity index (χ0) is 18.5. The Balaban J connectivity index is 1.80. The van der Waals surface area contributed by atoms with Gasteiger partial charge < -0.3 is 16.0 Å². The van der Waals surface area contributed by atoms with Crippen LogP contribution in [-0.2, 0) is 6.54 Å². The number of benzene rings is 1. The number of aromatic nitrogens is 2. The first-order valence-electron chi connectivity index (χ1n) is 7.94. The van der Waals surface area contributed by atoms with Crippen molar-refractivity contribution in [1.29, 1.82) is 5.41 Å². The van der Waals surface area contributed by atoms with Crippen molar-refractivity contribution in [3.05, 3.63) is 77.1 Å². The molecule has 3 N–H and O–H groups in total. The monoisotopic (exact) mass is 353 g/mol. The Morgan fingerprint density at radius 2 is 1.77 bits per heavy atom. The van der Waals surface area contributed by atoms with Gasteiger partial charge in [0.2, 0.25) is 0 Å². The standard InChI is InChI=1S/C19H17F2N5/c1-12-6-18(25-11-16(12)21)26-19-7-17(14(8-22)10-24-19)23-9-13-4-2-3-5-15(13)20/h2-8,10-11,22H,9H2,1H3,(H2,23,24,25,26). The van der Waals surface area contributed by atoms with Gasteiger partial charge in [-0.2, -0.15) is 0 Å². The van der Waals surface area contributed by atoms with E-state index in [9.17, 15) is 8.78 Å². The third kappa shape index (κ3) is 4.00. The highest BCUT2D eigenvalue weighted by Crippen LogP contribution is 2.21. The van der Waals surface area contributed by atoms with E-state index in [0.29, 0.717) is 34.0 Å². The normalized spacial score (nSPS) is 10.4. The summed E-state index contributed by atoms with van der Waals surface area (Å²) in [6.07, 6.45) is 3.83. The molecule has 1 aromatic carbocycles. The van der Waals surface area contributed by atoms with E-state index >= 15 is 0 Å². The van der Waals surface area contributed by atoms with Gasteiger partial charge in [-0.05, 0) is 24.6 Å².